The zero-order valence-electron chi connectivity index (χ0n) is 15.8. The number of nitrogens with zero attached hydrogens (tertiary/aromatic N) is 3. The fraction of sp³-hybridized carbons (Fsp3) is 0.389. The lowest BCUT2D eigenvalue weighted by atomic mass is 10.3. The SMILES string of the molecule is CN(Cc1ccco1)C(=O)COc1ccc(S(=O)(=O)N2CCCC2)cc1[N+](=O)[O-]. The van der Waals surface area contributed by atoms with Crippen molar-refractivity contribution in [1.29, 1.82) is 0 Å². The van der Waals surface area contributed by atoms with Gasteiger partial charge in [0.25, 0.3) is 5.91 Å². The molecular weight excluding hydrogens is 402 g/mol. The van der Waals surface area contributed by atoms with Gasteiger partial charge in [-0.3, -0.25) is 14.9 Å². The molecule has 3 rings (SSSR count). The third-order valence-electron chi connectivity index (χ3n) is 4.58. The zero-order valence-corrected chi connectivity index (χ0v) is 16.6. The number of sulfonamides is 1. The Morgan fingerprint density at radius 3 is 2.66 bits per heavy atom. The molecule has 0 radical (unpaired) electrons. The molecule has 2 aromatic rings. The molecule has 29 heavy (non-hydrogen) atoms. The number of carbonyl (C=O) groups excluding carboxylic acids is 1. The molecule has 0 aliphatic carbocycles. The summed E-state index contributed by atoms with van der Waals surface area (Å²) in [6.07, 6.45) is 3.01. The molecule has 11 heteroatoms. The Kier molecular flexibility index (Phi) is 6.18. The van der Waals surface area contributed by atoms with E-state index in [9.17, 15) is 23.3 Å². The Balaban J connectivity index is 1.72. The number of carbonyl (C=O) groups is 1. The van der Waals surface area contributed by atoms with Crippen LogP contribution in [0.5, 0.6) is 5.75 Å². The van der Waals surface area contributed by atoms with Crippen molar-refractivity contribution >= 4 is 21.6 Å². The van der Waals surface area contributed by atoms with E-state index in [0.717, 1.165) is 18.9 Å². The van der Waals surface area contributed by atoms with Gasteiger partial charge in [0.1, 0.15) is 5.76 Å². The molecule has 0 bridgehead atoms. The van der Waals surface area contributed by atoms with Crippen molar-refractivity contribution in [1.82, 2.24) is 9.21 Å². The zero-order chi connectivity index (χ0) is 21.0. The van der Waals surface area contributed by atoms with Crippen LogP contribution in [0.15, 0.2) is 45.9 Å². The maximum Gasteiger partial charge on any atom is 0.312 e. The van der Waals surface area contributed by atoms with Crippen molar-refractivity contribution in [2.45, 2.75) is 24.3 Å². The highest BCUT2D eigenvalue weighted by atomic mass is 32.2. The highest BCUT2D eigenvalue weighted by Crippen LogP contribution is 2.31. The van der Waals surface area contributed by atoms with Crippen LogP contribution in [0.4, 0.5) is 5.69 Å². The lowest BCUT2D eigenvalue weighted by molar-refractivity contribution is -0.386. The quantitative estimate of drug-likeness (QED) is 0.470. The number of furan rings is 1. The maximum absolute atomic E-state index is 12.6. The van der Waals surface area contributed by atoms with Crippen LogP contribution >= 0.6 is 0 Å². The number of amides is 1. The minimum absolute atomic E-state index is 0.167. The van der Waals surface area contributed by atoms with E-state index in [-0.39, 0.29) is 17.2 Å². The highest BCUT2D eigenvalue weighted by Gasteiger charge is 2.30. The predicted octanol–water partition coefficient (Wildman–Crippen LogP) is 2.01. The van der Waals surface area contributed by atoms with Crippen LogP contribution in [0.25, 0.3) is 0 Å². The summed E-state index contributed by atoms with van der Waals surface area (Å²) in [7, 11) is -2.25. The third kappa shape index (κ3) is 4.74. The van der Waals surface area contributed by atoms with E-state index < -0.39 is 33.1 Å². The first-order valence-corrected chi connectivity index (χ1v) is 10.4. The van der Waals surface area contributed by atoms with Crippen molar-refractivity contribution < 1.29 is 27.3 Å². The molecular formula is C18H21N3O7S. The minimum Gasteiger partial charge on any atom is -0.477 e. The van der Waals surface area contributed by atoms with Gasteiger partial charge < -0.3 is 14.1 Å². The van der Waals surface area contributed by atoms with Crippen molar-refractivity contribution in [2.75, 3.05) is 26.7 Å². The second-order valence-electron chi connectivity index (χ2n) is 6.62. The summed E-state index contributed by atoms with van der Waals surface area (Å²) in [5, 5.41) is 11.4. The van der Waals surface area contributed by atoms with Crippen molar-refractivity contribution in [3.05, 3.63) is 52.5 Å². The van der Waals surface area contributed by atoms with Gasteiger partial charge in [0, 0.05) is 26.2 Å². The van der Waals surface area contributed by atoms with Crippen LogP contribution in [0.3, 0.4) is 0 Å². The molecule has 0 spiro atoms. The first-order chi connectivity index (χ1) is 13.8. The normalized spacial score (nSPS) is 14.7. The molecule has 2 heterocycles. The van der Waals surface area contributed by atoms with E-state index in [2.05, 4.69) is 0 Å². The van der Waals surface area contributed by atoms with Crippen LogP contribution in [-0.4, -0.2) is 55.2 Å². The Morgan fingerprint density at radius 1 is 1.31 bits per heavy atom. The van der Waals surface area contributed by atoms with E-state index in [1.807, 2.05) is 0 Å². The molecule has 1 fully saturated rings. The van der Waals surface area contributed by atoms with Gasteiger partial charge in [0.15, 0.2) is 12.4 Å². The molecule has 1 saturated heterocycles. The van der Waals surface area contributed by atoms with Gasteiger partial charge in [-0.2, -0.15) is 4.31 Å². The van der Waals surface area contributed by atoms with Crippen LogP contribution in [0.1, 0.15) is 18.6 Å². The van der Waals surface area contributed by atoms with Crippen molar-refractivity contribution in [2.24, 2.45) is 0 Å². The Morgan fingerprint density at radius 2 is 2.03 bits per heavy atom. The van der Waals surface area contributed by atoms with Crippen molar-refractivity contribution in [3.8, 4) is 5.75 Å². The molecule has 10 nitrogen and oxygen atoms in total. The average Bonchev–Trinajstić information content (AvgIpc) is 3.40. The minimum atomic E-state index is -3.80. The topological polar surface area (TPSA) is 123 Å². The number of nitro benzene ring substituents is 1. The standard InChI is InChI=1S/C18H21N3O7S/c1-19(12-14-5-4-10-27-14)18(22)13-28-17-7-6-15(11-16(17)21(23)24)29(25,26)20-8-2-3-9-20/h4-7,10-11H,2-3,8-9,12-13H2,1H3. The summed E-state index contributed by atoms with van der Waals surface area (Å²) in [6.45, 7) is 0.580. The number of nitro groups is 1. The Hall–Kier alpha value is -2.92. The van der Waals surface area contributed by atoms with E-state index in [0.29, 0.717) is 18.8 Å². The summed E-state index contributed by atoms with van der Waals surface area (Å²) < 4.78 is 37.0. The van der Waals surface area contributed by atoms with Crippen LogP contribution in [0.2, 0.25) is 0 Å². The molecule has 0 atom stereocenters. The smallest absolute Gasteiger partial charge is 0.312 e. The van der Waals surface area contributed by atoms with E-state index in [4.69, 9.17) is 9.15 Å². The third-order valence-corrected chi connectivity index (χ3v) is 6.47. The van der Waals surface area contributed by atoms with E-state index >= 15 is 0 Å². The van der Waals surface area contributed by atoms with Gasteiger partial charge in [-0.25, -0.2) is 8.42 Å². The second-order valence-corrected chi connectivity index (χ2v) is 8.55. The molecule has 0 unspecified atom stereocenters. The molecule has 156 valence electrons. The molecule has 1 aromatic carbocycles. The first-order valence-electron chi connectivity index (χ1n) is 8.97. The number of likely N-dealkylation sites (N-methyl/N-ethyl adjacent to an activating group) is 1. The van der Waals surface area contributed by atoms with Gasteiger partial charge in [0.2, 0.25) is 10.0 Å². The van der Waals surface area contributed by atoms with Gasteiger partial charge in [0.05, 0.1) is 22.6 Å². The first kappa shape index (κ1) is 20.8. The van der Waals surface area contributed by atoms with E-state index in [1.54, 1.807) is 19.2 Å². The summed E-state index contributed by atoms with van der Waals surface area (Å²) in [5.74, 6) is 0.00267. The van der Waals surface area contributed by atoms with E-state index in [1.165, 1.54) is 27.6 Å². The largest absolute Gasteiger partial charge is 0.477 e. The van der Waals surface area contributed by atoms with Crippen LogP contribution in [-0.2, 0) is 21.4 Å². The summed E-state index contributed by atoms with van der Waals surface area (Å²) >= 11 is 0. The molecule has 1 amide bonds. The summed E-state index contributed by atoms with van der Waals surface area (Å²) in [4.78, 5) is 24.1. The molecule has 0 N–H and O–H groups in total. The summed E-state index contributed by atoms with van der Waals surface area (Å²) in [5.41, 5.74) is -0.508. The number of ether oxygens (including phenoxy) is 1. The number of hydrogen-bond donors (Lipinski definition) is 0. The van der Waals surface area contributed by atoms with Crippen LogP contribution in [0, 0.1) is 10.1 Å². The number of rotatable bonds is 8. The predicted molar refractivity (Wildman–Crippen MR) is 102 cm³/mol. The second kappa shape index (κ2) is 8.62. The number of benzene rings is 1. The lowest BCUT2D eigenvalue weighted by Crippen LogP contribution is -2.31. The van der Waals surface area contributed by atoms with Gasteiger partial charge in [-0.1, -0.05) is 0 Å². The van der Waals surface area contributed by atoms with Gasteiger partial charge in [-0.15, -0.1) is 0 Å². The molecule has 0 saturated carbocycles. The summed E-state index contributed by atoms with van der Waals surface area (Å²) in [6, 6.07) is 6.86. The van der Waals surface area contributed by atoms with Crippen molar-refractivity contribution in [3.63, 3.8) is 0 Å². The Bertz CT molecular complexity index is 983. The fourth-order valence-corrected chi connectivity index (χ4v) is 4.51. The van der Waals surface area contributed by atoms with Gasteiger partial charge >= 0.3 is 5.69 Å². The Labute approximate surface area is 167 Å². The lowest BCUT2D eigenvalue weighted by Gasteiger charge is -2.17. The monoisotopic (exact) mass is 423 g/mol. The molecule has 1 aliphatic heterocycles. The highest BCUT2D eigenvalue weighted by molar-refractivity contribution is 7.89. The fourth-order valence-electron chi connectivity index (χ4n) is 2.97. The van der Waals surface area contributed by atoms with Gasteiger partial charge in [-0.05, 0) is 37.1 Å². The maximum atomic E-state index is 12.6. The average molecular weight is 423 g/mol. The molecule has 1 aliphatic rings. The number of hydrogen-bond acceptors (Lipinski definition) is 7. The molecule has 1 aromatic heterocycles. The van der Waals surface area contributed by atoms with Crippen LogP contribution < -0.4 is 4.74 Å².